The fourth-order valence-electron chi connectivity index (χ4n) is 2.01. The molecule has 0 bridgehead atoms. The summed E-state index contributed by atoms with van der Waals surface area (Å²) in [5.74, 6) is -0.248. The zero-order valence-electron chi connectivity index (χ0n) is 11.5. The minimum atomic E-state index is -0.248. The van der Waals surface area contributed by atoms with Gasteiger partial charge in [0.25, 0.3) is 5.56 Å². The molecule has 0 saturated carbocycles. The van der Waals surface area contributed by atoms with Gasteiger partial charge in [0.2, 0.25) is 5.91 Å². The van der Waals surface area contributed by atoms with Gasteiger partial charge in [-0.2, -0.15) is 0 Å². The monoisotopic (exact) mass is 259 g/mol. The molecule has 0 aliphatic rings. The summed E-state index contributed by atoms with van der Waals surface area (Å²) in [5.41, 5.74) is 2.73. The van der Waals surface area contributed by atoms with E-state index < -0.39 is 0 Å². The standard InChI is InChI=1S/C14H17N3O2/c1-9-5-7-12(8-6-9)17-14(19)13(15-11(3)18)10(2)16(17)4/h5-8H,1-4H3,(H,15,18). The van der Waals surface area contributed by atoms with Gasteiger partial charge in [-0.15, -0.1) is 0 Å². The van der Waals surface area contributed by atoms with Crippen molar-refractivity contribution in [3.63, 3.8) is 0 Å². The number of anilines is 1. The van der Waals surface area contributed by atoms with Crippen molar-refractivity contribution in [1.82, 2.24) is 9.36 Å². The second-order valence-electron chi connectivity index (χ2n) is 4.62. The molecule has 5 heteroatoms. The van der Waals surface area contributed by atoms with Crippen molar-refractivity contribution in [3.8, 4) is 5.69 Å². The number of nitrogens with one attached hydrogen (secondary N) is 1. The second-order valence-corrected chi connectivity index (χ2v) is 4.62. The van der Waals surface area contributed by atoms with Crippen molar-refractivity contribution in [2.75, 3.05) is 5.32 Å². The zero-order valence-corrected chi connectivity index (χ0v) is 11.5. The van der Waals surface area contributed by atoms with E-state index >= 15 is 0 Å². The average Bonchev–Trinajstić information content (AvgIpc) is 2.55. The maximum atomic E-state index is 12.4. The Kier molecular flexibility index (Phi) is 3.29. The molecule has 0 unspecified atom stereocenters. The first-order valence-corrected chi connectivity index (χ1v) is 6.05. The lowest BCUT2D eigenvalue weighted by molar-refractivity contribution is -0.114. The van der Waals surface area contributed by atoms with Crippen LogP contribution in [0.25, 0.3) is 5.69 Å². The van der Waals surface area contributed by atoms with E-state index in [9.17, 15) is 9.59 Å². The predicted octanol–water partition coefficient (Wildman–Crippen LogP) is 1.75. The van der Waals surface area contributed by atoms with Gasteiger partial charge in [0, 0.05) is 14.0 Å². The Morgan fingerprint density at radius 1 is 1.16 bits per heavy atom. The molecule has 100 valence electrons. The quantitative estimate of drug-likeness (QED) is 0.893. The molecule has 0 atom stereocenters. The molecule has 0 aliphatic carbocycles. The Bertz CT molecular complexity index is 678. The molecule has 1 heterocycles. The highest BCUT2D eigenvalue weighted by Gasteiger charge is 2.16. The first kappa shape index (κ1) is 13.1. The van der Waals surface area contributed by atoms with E-state index in [4.69, 9.17) is 0 Å². The SMILES string of the molecule is CC(=O)Nc1c(C)n(C)n(-c2ccc(C)cc2)c1=O. The van der Waals surface area contributed by atoms with Crippen LogP contribution in [0.5, 0.6) is 0 Å². The van der Waals surface area contributed by atoms with Gasteiger partial charge in [0.1, 0.15) is 5.69 Å². The van der Waals surface area contributed by atoms with Gasteiger partial charge in [-0.05, 0) is 26.0 Å². The molecular formula is C14H17N3O2. The van der Waals surface area contributed by atoms with Crippen LogP contribution in [0.1, 0.15) is 18.2 Å². The number of carbonyl (C=O) groups excluding carboxylic acids is 1. The number of aryl methyl sites for hydroxylation is 1. The fraction of sp³-hybridized carbons (Fsp3) is 0.286. The smallest absolute Gasteiger partial charge is 0.295 e. The number of hydrogen-bond acceptors (Lipinski definition) is 2. The van der Waals surface area contributed by atoms with Gasteiger partial charge in [0.05, 0.1) is 11.4 Å². The number of hydrogen-bond donors (Lipinski definition) is 1. The maximum Gasteiger partial charge on any atom is 0.295 e. The zero-order chi connectivity index (χ0) is 14.2. The minimum Gasteiger partial charge on any atom is -0.320 e. The fourth-order valence-corrected chi connectivity index (χ4v) is 2.01. The lowest BCUT2D eigenvalue weighted by Gasteiger charge is -2.08. The molecule has 0 fully saturated rings. The van der Waals surface area contributed by atoms with Crippen molar-refractivity contribution in [1.29, 1.82) is 0 Å². The molecule has 2 aromatic rings. The molecule has 1 N–H and O–H groups in total. The molecule has 1 aromatic carbocycles. The van der Waals surface area contributed by atoms with Crippen LogP contribution < -0.4 is 10.9 Å². The van der Waals surface area contributed by atoms with Crippen molar-refractivity contribution in [2.45, 2.75) is 20.8 Å². The van der Waals surface area contributed by atoms with Gasteiger partial charge < -0.3 is 5.32 Å². The van der Waals surface area contributed by atoms with E-state index in [1.165, 1.54) is 6.92 Å². The molecule has 2 rings (SSSR count). The second kappa shape index (κ2) is 4.76. The summed E-state index contributed by atoms with van der Waals surface area (Å²) in [6.07, 6.45) is 0. The van der Waals surface area contributed by atoms with Crippen LogP contribution in [0.15, 0.2) is 29.1 Å². The molecule has 1 aromatic heterocycles. The third-order valence-corrected chi connectivity index (χ3v) is 3.13. The first-order chi connectivity index (χ1) is 8.91. The average molecular weight is 259 g/mol. The van der Waals surface area contributed by atoms with Crippen LogP contribution in [0.4, 0.5) is 5.69 Å². The maximum absolute atomic E-state index is 12.4. The van der Waals surface area contributed by atoms with Crippen molar-refractivity contribution >= 4 is 11.6 Å². The van der Waals surface area contributed by atoms with Crippen LogP contribution in [-0.4, -0.2) is 15.3 Å². The van der Waals surface area contributed by atoms with Crippen molar-refractivity contribution in [2.24, 2.45) is 7.05 Å². The van der Waals surface area contributed by atoms with E-state index in [0.717, 1.165) is 16.9 Å². The van der Waals surface area contributed by atoms with Crippen molar-refractivity contribution in [3.05, 3.63) is 45.9 Å². The molecule has 0 radical (unpaired) electrons. The van der Waals surface area contributed by atoms with Crippen LogP contribution in [-0.2, 0) is 11.8 Å². The minimum absolute atomic E-state index is 0.223. The van der Waals surface area contributed by atoms with E-state index in [1.807, 2.05) is 31.2 Å². The van der Waals surface area contributed by atoms with Crippen molar-refractivity contribution < 1.29 is 4.79 Å². The number of carbonyl (C=O) groups is 1. The Morgan fingerprint density at radius 2 is 1.74 bits per heavy atom. The predicted molar refractivity (Wildman–Crippen MR) is 74.8 cm³/mol. The third-order valence-electron chi connectivity index (χ3n) is 3.13. The summed E-state index contributed by atoms with van der Waals surface area (Å²) in [7, 11) is 1.79. The Hall–Kier alpha value is -2.30. The van der Waals surface area contributed by atoms with Crippen LogP contribution in [0, 0.1) is 13.8 Å². The number of aromatic nitrogens is 2. The summed E-state index contributed by atoms with van der Waals surface area (Å²) in [6, 6.07) is 7.66. The summed E-state index contributed by atoms with van der Waals surface area (Å²) >= 11 is 0. The number of benzene rings is 1. The van der Waals surface area contributed by atoms with Crippen LogP contribution in [0.3, 0.4) is 0 Å². The molecule has 0 saturated heterocycles. The number of rotatable bonds is 2. The summed E-state index contributed by atoms with van der Waals surface area (Å²) in [5, 5.41) is 2.59. The summed E-state index contributed by atoms with van der Waals surface area (Å²) < 4.78 is 3.28. The lowest BCUT2D eigenvalue weighted by Crippen LogP contribution is -2.22. The number of amides is 1. The normalized spacial score (nSPS) is 10.5. The summed E-state index contributed by atoms with van der Waals surface area (Å²) in [6.45, 7) is 5.19. The van der Waals surface area contributed by atoms with E-state index in [1.54, 1.807) is 23.3 Å². The Morgan fingerprint density at radius 3 is 2.26 bits per heavy atom. The van der Waals surface area contributed by atoms with Crippen LogP contribution >= 0.6 is 0 Å². The Labute approximate surface area is 111 Å². The molecule has 1 amide bonds. The van der Waals surface area contributed by atoms with E-state index in [2.05, 4.69) is 5.32 Å². The largest absolute Gasteiger partial charge is 0.320 e. The van der Waals surface area contributed by atoms with E-state index in [0.29, 0.717) is 5.69 Å². The molecule has 0 aliphatic heterocycles. The highest BCUT2D eigenvalue weighted by atomic mass is 16.2. The van der Waals surface area contributed by atoms with Gasteiger partial charge in [-0.3, -0.25) is 14.3 Å². The Balaban J connectivity index is 2.62. The molecular weight excluding hydrogens is 242 g/mol. The highest BCUT2D eigenvalue weighted by Crippen LogP contribution is 2.14. The van der Waals surface area contributed by atoms with Crippen LogP contribution in [0.2, 0.25) is 0 Å². The van der Waals surface area contributed by atoms with Gasteiger partial charge in [-0.25, -0.2) is 4.68 Å². The van der Waals surface area contributed by atoms with Gasteiger partial charge in [0.15, 0.2) is 0 Å². The topological polar surface area (TPSA) is 56.0 Å². The van der Waals surface area contributed by atoms with E-state index in [-0.39, 0.29) is 11.5 Å². The van der Waals surface area contributed by atoms with Gasteiger partial charge >= 0.3 is 0 Å². The first-order valence-electron chi connectivity index (χ1n) is 6.05. The highest BCUT2D eigenvalue weighted by molar-refractivity contribution is 5.89. The molecule has 19 heavy (non-hydrogen) atoms. The van der Waals surface area contributed by atoms with Gasteiger partial charge in [-0.1, -0.05) is 17.7 Å². The third kappa shape index (κ3) is 2.31. The lowest BCUT2D eigenvalue weighted by atomic mass is 10.2. The molecule has 0 spiro atoms. The molecule has 5 nitrogen and oxygen atoms in total. The summed E-state index contributed by atoms with van der Waals surface area (Å²) in [4.78, 5) is 23.5. The number of nitrogens with zero attached hydrogens (tertiary/aromatic N) is 2.